The summed E-state index contributed by atoms with van der Waals surface area (Å²) in [5, 5.41) is 2.89. The summed E-state index contributed by atoms with van der Waals surface area (Å²) in [5.74, 6) is -0.314. The van der Waals surface area contributed by atoms with Gasteiger partial charge in [-0.2, -0.15) is 0 Å². The molecule has 0 atom stereocenters. The van der Waals surface area contributed by atoms with Crippen LogP contribution in [0.25, 0.3) is 0 Å². The van der Waals surface area contributed by atoms with E-state index in [4.69, 9.17) is 4.74 Å². The van der Waals surface area contributed by atoms with Crippen LogP contribution in [0.1, 0.15) is 5.56 Å². The summed E-state index contributed by atoms with van der Waals surface area (Å²) < 4.78 is 30.1. The lowest BCUT2D eigenvalue weighted by molar-refractivity contribution is 0.260. The maximum Gasteiger partial charge on any atom is 0.165 e. The number of para-hydroxylation sites is 1. The Labute approximate surface area is 81.9 Å². The Balaban J connectivity index is 2.84. The molecule has 0 saturated carbocycles. The van der Waals surface area contributed by atoms with Crippen molar-refractivity contribution in [2.45, 2.75) is 6.54 Å². The number of hydrogen-bond donors (Lipinski definition) is 1. The van der Waals surface area contributed by atoms with Crippen LogP contribution in [-0.4, -0.2) is 20.3 Å². The van der Waals surface area contributed by atoms with Gasteiger partial charge < -0.3 is 10.1 Å². The summed E-state index contributed by atoms with van der Waals surface area (Å²) in [6, 6.07) is 4.64. The molecule has 14 heavy (non-hydrogen) atoms. The third-order valence-corrected chi connectivity index (χ3v) is 1.74. The lowest BCUT2D eigenvalue weighted by Gasteiger charge is -2.10. The second kappa shape index (κ2) is 5.54. The summed E-state index contributed by atoms with van der Waals surface area (Å²) in [6.45, 7) is -0.232. The molecule has 0 unspecified atom stereocenters. The van der Waals surface area contributed by atoms with Crippen LogP contribution in [-0.2, 0) is 6.54 Å². The smallest absolute Gasteiger partial charge is 0.165 e. The number of hydrogen-bond acceptors (Lipinski definition) is 2. The van der Waals surface area contributed by atoms with Crippen LogP contribution in [0.15, 0.2) is 18.2 Å². The third kappa shape index (κ3) is 2.67. The van der Waals surface area contributed by atoms with E-state index in [0.29, 0.717) is 12.1 Å². The molecular weight excluding hydrogens is 188 g/mol. The van der Waals surface area contributed by atoms with Gasteiger partial charge in [0.1, 0.15) is 13.3 Å². The molecule has 1 rings (SSSR count). The fourth-order valence-electron chi connectivity index (χ4n) is 1.19. The minimum Gasteiger partial charge on any atom is -0.487 e. The maximum atomic E-state index is 13.2. The Morgan fingerprint density at radius 2 is 2.21 bits per heavy atom. The Morgan fingerprint density at radius 1 is 1.43 bits per heavy atom. The number of rotatable bonds is 5. The standard InChI is InChI=1S/C10H13F2NO/c1-13-7-8-3-2-4-9(12)10(8)14-6-5-11/h2-4,13H,5-7H2,1H3. The van der Waals surface area contributed by atoms with E-state index in [2.05, 4.69) is 5.32 Å². The molecule has 0 bridgehead atoms. The highest BCUT2D eigenvalue weighted by molar-refractivity contribution is 5.34. The molecule has 0 fully saturated rings. The van der Waals surface area contributed by atoms with E-state index in [9.17, 15) is 8.78 Å². The third-order valence-electron chi connectivity index (χ3n) is 1.74. The molecule has 0 heterocycles. The largest absolute Gasteiger partial charge is 0.487 e. The first-order valence-corrected chi connectivity index (χ1v) is 4.40. The van der Waals surface area contributed by atoms with E-state index in [1.807, 2.05) is 0 Å². The van der Waals surface area contributed by atoms with Crippen LogP contribution in [0.5, 0.6) is 5.75 Å². The molecular formula is C10H13F2NO. The van der Waals surface area contributed by atoms with Crippen molar-refractivity contribution in [1.82, 2.24) is 5.32 Å². The van der Waals surface area contributed by atoms with Gasteiger partial charge in [-0.25, -0.2) is 8.78 Å². The molecule has 0 spiro atoms. The van der Waals surface area contributed by atoms with Crippen LogP contribution in [0.4, 0.5) is 8.78 Å². The Bertz CT molecular complexity index is 291. The predicted octanol–water partition coefficient (Wildman–Crippen LogP) is 1.89. The van der Waals surface area contributed by atoms with Crippen LogP contribution >= 0.6 is 0 Å². The van der Waals surface area contributed by atoms with E-state index >= 15 is 0 Å². The highest BCUT2D eigenvalue weighted by atomic mass is 19.1. The van der Waals surface area contributed by atoms with Gasteiger partial charge in [0, 0.05) is 12.1 Å². The number of nitrogens with one attached hydrogen (secondary N) is 1. The van der Waals surface area contributed by atoms with E-state index in [0.717, 1.165) is 0 Å². The minimum absolute atomic E-state index is 0.113. The molecule has 1 aromatic carbocycles. The minimum atomic E-state index is -0.618. The molecule has 0 aliphatic rings. The molecule has 0 saturated heterocycles. The lowest BCUT2D eigenvalue weighted by atomic mass is 10.2. The highest BCUT2D eigenvalue weighted by Crippen LogP contribution is 2.22. The fraction of sp³-hybridized carbons (Fsp3) is 0.400. The number of ether oxygens (including phenoxy) is 1. The first kappa shape index (κ1) is 10.9. The quantitative estimate of drug-likeness (QED) is 0.785. The van der Waals surface area contributed by atoms with Crippen molar-refractivity contribution in [3.63, 3.8) is 0 Å². The van der Waals surface area contributed by atoms with Crippen molar-refractivity contribution < 1.29 is 13.5 Å². The lowest BCUT2D eigenvalue weighted by Crippen LogP contribution is -2.09. The van der Waals surface area contributed by atoms with Gasteiger partial charge in [-0.3, -0.25) is 0 Å². The van der Waals surface area contributed by atoms with Gasteiger partial charge in [0.05, 0.1) is 0 Å². The molecule has 4 heteroatoms. The molecule has 0 aromatic heterocycles. The van der Waals surface area contributed by atoms with Crippen molar-refractivity contribution >= 4 is 0 Å². The van der Waals surface area contributed by atoms with E-state index in [-0.39, 0.29) is 12.4 Å². The fourth-order valence-corrected chi connectivity index (χ4v) is 1.19. The van der Waals surface area contributed by atoms with Crippen LogP contribution < -0.4 is 10.1 Å². The molecule has 0 aliphatic carbocycles. The summed E-state index contributed by atoms with van der Waals surface area (Å²) in [6.07, 6.45) is 0. The van der Waals surface area contributed by atoms with Crippen molar-refractivity contribution in [1.29, 1.82) is 0 Å². The summed E-state index contributed by atoms with van der Waals surface area (Å²) in [7, 11) is 1.75. The van der Waals surface area contributed by atoms with Crippen LogP contribution in [0.2, 0.25) is 0 Å². The van der Waals surface area contributed by atoms with Crippen LogP contribution in [0, 0.1) is 5.82 Å². The normalized spacial score (nSPS) is 10.2. The molecule has 1 N–H and O–H groups in total. The van der Waals surface area contributed by atoms with E-state index in [1.54, 1.807) is 19.2 Å². The molecule has 0 aliphatic heterocycles. The zero-order valence-electron chi connectivity index (χ0n) is 8.02. The predicted molar refractivity (Wildman–Crippen MR) is 50.6 cm³/mol. The zero-order chi connectivity index (χ0) is 10.4. The first-order chi connectivity index (χ1) is 6.79. The molecule has 2 nitrogen and oxygen atoms in total. The number of halogens is 2. The monoisotopic (exact) mass is 201 g/mol. The van der Waals surface area contributed by atoms with Gasteiger partial charge in [0.2, 0.25) is 0 Å². The Hall–Kier alpha value is -1.16. The summed E-state index contributed by atoms with van der Waals surface area (Å²) >= 11 is 0. The van der Waals surface area contributed by atoms with E-state index in [1.165, 1.54) is 6.07 Å². The van der Waals surface area contributed by atoms with Crippen molar-refractivity contribution in [2.24, 2.45) is 0 Å². The topological polar surface area (TPSA) is 21.3 Å². The van der Waals surface area contributed by atoms with Crippen molar-refractivity contribution in [3.05, 3.63) is 29.6 Å². The molecule has 0 radical (unpaired) electrons. The highest BCUT2D eigenvalue weighted by Gasteiger charge is 2.08. The van der Waals surface area contributed by atoms with Gasteiger partial charge in [-0.05, 0) is 13.1 Å². The first-order valence-electron chi connectivity index (χ1n) is 4.40. The second-order valence-electron chi connectivity index (χ2n) is 2.80. The average molecular weight is 201 g/mol. The average Bonchev–Trinajstić information content (AvgIpc) is 2.18. The maximum absolute atomic E-state index is 13.2. The van der Waals surface area contributed by atoms with Gasteiger partial charge in [0.15, 0.2) is 11.6 Å². The Kier molecular flexibility index (Phi) is 4.32. The number of benzene rings is 1. The molecule has 0 amide bonds. The van der Waals surface area contributed by atoms with Gasteiger partial charge >= 0.3 is 0 Å². The van der Waals surface area contributed by atoms with Crippen molar-refractivity contribution in [3.8, 4) is 5.75 Å². The van der Waals surface area contributed by atoms with Gasteiger partial charge in [-0.1, -0.05) is 12.1 Å². The SMILES string of the molecule is CNCc1cccc(F)c1OCCF. The summed E-state index contributed by atoms with van der Waals surface area (Å²) in [5.41, 5.74) is 0.695. The zero-order valence-corrected chi connectivity index (χ0v) is 8.02. The van der Waals surface area contributed by atoms with Crippen LogP contribution in [0.3, 0.4) is 0 Å². The summed E-state index contributed by atoms with van der Waals surface area (Å²) in [4.78, 5) is 0. The van der Waals surface area contributed by atoms with Gasteiger partial charge in [-0.15, -0.1) is 0 Å². The van der Waals surface area contributed by atoms with Crippen molar-refractivity contribution in [2.75, 3.05) is 20.3 Å². The van der Waals surface area contributed by atoms with E-state index < -0.39 is 12.5 Å². The Morgan fingerprint density at radius 3 is 2.86 bits per heavy atom. The second-order valence-corrected chi connectivity index (χ2v) is 2.80. The number of alkyl halides is 1. The van der Waals surface area contributed by atoms with Gasteiger partial charge in [0.25, 0.3) is 0 Å². The molecule has 78 valence electrons. The molecule has 1 aromatic rings.